The van der Waals surface area contributed by atoms with Gasteiger partial charge in [-0.1, -0.05) is 12.1 Å². The number of carbonyl (C=O) groups is 1. The maximum Gasteiger partial charge on any atom is 0.277 e. The lowest BCUT2D eigenvalue weighted by molar-refractivity contribution is -0.0768. The van der Waals surface area contributed by atoms with E-state index in [1.165, 1.54) is 5.06 Å². The third kappa shape index (κ3) is 1.88. The molecule has 1 aromatic carbocycles. The molecule has 2 rings (SSSR count). The standard InChI is InChI=1S/C12H15NO2/c1-9-5-3-6-11(10(9)2)12(14)13-7-4-8-15-13/h3,5-6H,4,7-8H2,1-2H3. The Kier molecular flexibility index (Phi) is 2.73. The summed E-state index contributed by atoms with van der Waals surface area (Å²) < 4.78 is 0. The number of amides is 1. The predicted molar refractivity (Wildman–Crippen MR) is 57.5 cm³/mol. The van der Waals surface area contributed by atoms with Crippen LogP contribution in [0.3, 0.4) is 0 Å². The number of nitrogens with zero attached hydrogens (tertiary/aromatic N) is 1. The molecule has 0 N–H and O–H groups in total. The Morgan fingerprint density at radius 3 is 2.87 bits per heavy atom. The maximum absolute atomic E-state index is 12.0. The first kappa shape index (κ1) is 10.2. The van der Waals surface area contributed by atoms with Gasteiger partial charge in [-0.05, 0) is 37.5 Å². The van der Waals surface area contributed by atoms with E-state index < -0.39 is 0 Å². The minimum absolute atomic E-state index is 0.0197. The first-order chi connectivity index (χ1) is 7.20. The van der Waals surface area contributed by atoms with Gasteiger partial charge >= 0.3 is 0 Å². The molecule has 1 amide bonds. The normalized spacial score (nSPS) is 15.7. The maximum atomic E-state index is 12.0. The molecule has 15 heavy (non-hydrogen) atoms. The third-order valence-electron chi connectivity index (χ3n) is 2.81. The molecule has 0 aromatic heterocycles. The lowest BCUT2D eigenvalue weighted by Crippen LogP contribution is -2.27. The topological polar surface area (TPSA) is 29.5 Å². The predicted octanol–water partition coefficient (Wildman–Crippen LogP) is 2.08. The molecule has 0 saturated carbocycles. The molecule has 0 spiro atoms. The summed E-state index contributed by atoms with van der Waals surface area (Å²) in [7, 11) is 0. The molecule has 1 aliphatic rings. The molecule has 1 aromatic rings. The number of hydroxylamine groups is 2. The van der Waals surface area contributed by atoms with Crippen LogP contribution in [0.2, 0.25) is 0 Å². The van der Waals surface area contributed by atoms with Gasteiger partial charge in [0.25, 0.3) is 5.91 Å². The van der Waals surface area contributed by atoms with E-state index in [2.05, 4.69) is 0 Å². The average Bonchev–Trinajstić information content (AvgIpc) is 2.74. The summed E-state index contributed by atoms with van der Waals surface area (Å²) in [5.74, 6) is -0.0197. The average molecular weight is 205 g/mol. The Hall–Kier alpha value is -1.35. The zero-order valence-electron chi connectivity index (χ0n) is 9.12. The second-order valence-electron chi connectivity index (χ2n) is 3.84. The largest absolute Gasteiger partial charge is 0.277 e. The van der Waals surface area contributed by atoms with Crippen molar-refractivity contribution in [3.63, 3.8) is 0 Å². The number of benzene rings is 1. The van der Waals surface area contributed by atoms with Crippen molar-refractivity contribution in [2.24, 2.45) is 0 Å². The molecule has 0 unspecified atom stereocenters. The van der Waals surface area contributed by atoms with E-state index in [-0.39, 0.29) is 5.91 Å². The van der Waals surface area contributed by atoms with Gasteiger partial charge < -0.3 is 0 Å². The third-order valence-corrected chi connectivity index (χ3v) is 2.81. The van der Waals surface area contributed by atoms with E-state index in [0.29, 0.717) is 13.2 Å². The van der Waals surface area contributed by atoms with Crippen LogP contribution in [0.4, 0.5) is 0 Å². The summed E-state index contributed by atoms with van der Waals surface area (Å²) in [6.45, 7) is 5.33. The zero-order chi connectivity index (χ0) is 10.8. The van der Waals surface area contributed by atoms with Crippen LogP contribution in [0.25, 0.3) is 0 Å². The quantitative estimate of drug-likeness (QED) is 0.702. The van der Waals surface area contributed by atoms with Crippen molar-refractivity contribution >= 4 is 5.91 Å². The highest BCUT2D eigenvalue weighted by Crippen LogP contribution is 2.17. The molecule has 1 aliphatic heterocycles. The second-order valence-corrected chi connectivity index (χ2v) is 3.84. The minimum Gasteiger partial charge on any atom is -0.271 e. The number of carbonyl (C=O) groups excluding carboxylic acids is 1. The molecule has 1 heterocycles. The van der Waals surface area contributed by atoms with Crippen LogP contribution >= 0.6 is 0 Å². The van der Waals surface area contributed by atoms with E-state index in [1.807, 2.05) is 32.0 Å². The summed E-state index contributed by atoms with van der Waals surface area (Å²) in [4.78, 5) is 17.3. The Balaban J connectivity index is 2.28. The fourth-order valence-corrected chi connectivity index (χ4v) is 1.72. The smallest absolute Gasteiger partial charge is 0.271 e. The van der Waals surface area contributed by atoms with Gasteiger partial charge in [-0.15, -0.1) is 0 Å². The van der Waals surface area contributed by atoms with Gasteiger partial charge in [-0.2, -0.15) is 0 Å². The zero-order valence-corrected chi connectivity index (χ0v) is 9.12. The molecule has 0 atom stereocenters. The van der Waals surface area contributed by atoms with Crippen LogP contribution in [0, 0.1) is 13.8 Å². The fourth-order valence-electron chi connectivity index (χ4n) is 1.72. The first-order valence-electron chi connectivity index (χ1n) is 5.21. The molecule has 3 heteroatoms. The van der Waals surface area contributed by atoms with Gasteiger partial charge in [0.1, 0.15) is 0 Å². The molecule has 3 nitrogen and oxygen atoms in total. The van der Waals surface area contributed by atoms with Gasteiger partial charge in [-0.3, -0.25) is 9.63 Å². The van der Waals surface area contributed by atoms with E-state index in [4.69, 9.17) is 4.84 Å². The molecular formula is C12H15NO2. The summed E-state index contributed by atoms with van der Waals surface area (Å²) in [5.41, 5.74) is 2.93. The lowest BCUT2D eigenvalue weighted by atomic mass is 10.0. The van der Waals surface area contributed by atoms with Crippen molar-refractivity contribution in [3.05, 3.63) is 34.9 Å². The molecule has 1 saturated heterocycles. The fraction of sp³-hybridized carbons (Fsp3) is 0.417. The number of aryl methyl sites for hydroxylation is 1. The van der Waals surface area contributed by atoms with Gasteiger partial charge in [0, 0.05) is 5.56 Å². The number of hydrogen-bond acceptors (Lipinski definition) is 2. The van der Waals surface area contributed by atoms with Crippen molar-refractivity contribution in [2.75, 3.05) is 13.2 Å². The number of hydrogen-bond donors (Lipinski definition) is 0. The molecule has 80 valence electrons. The summed E-state index contributed by atoms with van der Waals surface area (Å²) in [5, 5.41) is 1.46. The van der Waals surface area contributed by atoms with Crippen LogP contribution in [0.1, 0.15) is 27.9 Å². The Bertz CT molecular complexity index is 381. The van der Waals surface area contributed by atoms with Gasteiger partial charge in [0.15, 0.2) is 0 Å². The van der Waals surface area contributed by atoms with Crippen molar-refractivity contribution in [3.8, 4) is 0 Å². The van der Waals surface area contributed by atoms with Gasteiger partial charge in [0.05, 0.1) is 13.2 Å². The second kappa shape index (κ2) is 4.03. The molecule has 0 radical (unpaired) electrons. The summed E-state index contributed by atoms with van der Waals surface area (Å²) >= 11 is 0. The minimum atomic E-state index is -0.0197. The van der Waals surface area contributed by atoms with Crippen molar-refractivity contribution in [1.29, 1.82) is 0 Å². The van der Waals surface area contributed by atoms with Gasteiger partial charge in [0.2, 0.25) is 0 Å². The Labute approximate surface area is 89.6 Å². The van der Waals surface area contributed by atoms with Crippen LogP contribution in [0.15, 0.2) is 18.2 Å². The Morgan fingerprint density at radius 1 is 1.40 bits per heavy atom. The van der Waals surface area contributed by atoms with E-state index >= 15 is 0 Å². The number of rotatable bonds is 1. The van der Waals surface area contributed by atoms with Crippen LogP contribution < -0.4 is 0 Å². The highest BCUT2D eigenvalue weighted by molar-refractivity contribution is 5.95. The van der Waals surface area contributed by atoms with E-state index in [9.17, 15) is 4.79 Å². The monoisotopic (exact) mass is 205 g/mol. The van der Waals surface area contributed by atoms with Gasteiger partial charge in [-0.25, -0.2) is 5.06 Å². The van der Waals surface area contributed by atoms with Crippen molar-refractivity contribution in [1.82, 2.24) is 5.06 Å². The van der Waals surface area contributed by atoms with Crippen molar-refractivity contribution in [2.45, 2.75) is 20.3 Å². The summed E-state index contributed by atoms with van der Waals surface area (Å²) in [6.07, 6.45) is 0.927. The first-order valence-corrected chi connectivity index (χ1v) is 5.21. The highest BCUT2D eigenvalue weighted by Gasteiger charge is 2.22. The van der Waals surface area contributed by atoms with Crippen LogP contribution in [0.5, 0.6) is 0 Å². The van der Waals surface area contributed by atoms with E-state index in [0.717, 1.165) is 23.1 Å². The van der Waals surface area contributed by atoms with Crippen LogP contribution in [-0.2, 0) is 4.84 Å². The SMILES string of the molecule is Cc1cccc(C(=O)N2CCCO2)c1C. The summed E-state index contributed by atoms with van der Waals surface area (Å²) in [6, 6.07) is 5.77. The molecule has 0 bridgehead atoms. The molecule has 1 fully saturated rings. The Morgan fingerprint density at radius 2 is 2.20 bits per heavy atom. The molecule has 0 aliphatic carbocycles. The van der Waals surface area contributed by atoms with Crippen LogP contribution in [-0.4, -0.2) is 24.1 Å². The van der Waals surface area contributed by atoms with Crippen molar-refractivity contribution < 1.29 is 9.63 Å². The molecular weight excluding hydrogens is 190 g/mol. The highest BCUT2D eigenvalue weighted by atomic mass is 16.7. The lowest BCUT2D eigenvalue weighted by Gasteiger charge is -2.15. The van der Waals surface area contributed by atoms with E-state index in [1.54, 1.807) is 0 Å².